The molecule has 2 fully saturated rings. The van der Waals surface area contributed by atoms with Crippen LogP contribution in [0, 0.1) is 0 Å². The molecule has 4 heterocycles. The van der Waals surface area contributed by atoms with Crippen LogP contribution in [0.3, 0.4) is 0 Å². The maximum atomic E-state index is 13.0. The number of hydrogen-bond donors (Lipinski definition) is 4. The van der Waals surface area contributed by atoms with Gasteiger partial charge in [0, 0.05) is 30.1 Å². The third kappa shape index (κ3) is 6.24. The number of fused-ring (bicyclic) bond motifs is 1. The molecule has 18 heteroatoms. The molecule has 15 nitrogen and oxygen atoms in total. The Hall–Kier alpha value is -3.61. The molecule has 3 amide bonds. The molecule has 0 unspecified atom stereocenters. The minimum absolute atomic E-state index is 0.0224. The van der Waals surface area contributed by atoms with Gasteiger partial charge < -0.3 is 41.1 Å². The highest BCUT2D eigenvalue weighted by molar-refractivity contribution is 8.00. The number of nitrogens with zero attached hydrogens (tertiary/aromatic N) is 5. The quantitative estimate of drug-likeness (QED) is 0.0879. The number of quaternary nitrogens is 1. The number of nitrogens with one attached hydrogen (secondary N) is 1. The summed E-state index contributed by atoms with van der Waals surface area (Å²) in [6.07, 6.45) is 3.89. The number of aliphatic hydroxyl groups excluding tert-OH is 1. The van der Waals surface area contributed by atoms with Crippen molar-refractivity contribution in [1.29, 1.82) is 0 Å². The first kappa shape index (κ1) is 29.4. The molecular weight excluding hydrogens is 571 g/mol. The third-order valence-electron chi connectivity index (χ3n) is 6.73. The van der Waals surface area contributed by atoms with E-state index in [1.54, 1.807) is 12.2 Å². The van der Waals surface area contributed by atoms with E-state index >= 15 is 0 Å². The van der Waals surface area contributed by atoms with Crippen LogP contribution in [0.5, 0.6) is 0 Å². The van der Waals surface area contributed by atoms with Crippen molar-refractivity contribution in [3.05, 3.63) is 29.2 Å². The summed E-state index contributed by atoms with van der Waals surface area (Å²) in [6.45, 7) is 0.198. The summed E-state index contributed by atoms with van der Waals surface area (Å²) >= 11 is 1.99. The average Bonchev–Trinajstić information content (AvgIpc) is 3.34. The standard InChI is InChI=1S/C22H27FN8O7S2/c23-10-38-28-14(17-27-22(25)40-29-17)18(34)26-15-19(35)30-16(21(36)37)11(9-39-20(15)30)2-1-5-31(8-13(24)33)6-3-12(32)4-7-31/h1-2,12,15,20,32H,3-10H2,(H5-,24,25,26,27,29,33,34,36,37)/b2-1+,28-14-/t12?,15-,20-,31?/m1/s1. The first-order chi connectivity index (χ1) is 19.0. The first-order valence-corrected chi connectivity index (χ1v) is 13.9. The molecule has 1 aromatic rings. The number of nitrogen functional groups attached to an aromatic ring is 1. The number of allylic oxidation sites excluding steroid dienone is 1. The Kier molecular flexibility index (Phi) is 9.02. The number of carboxylic acid groups (broad SMARTS) is 1. The summed E-state index contributed by atoms with van der Waals surface area (Å²) in [5, 5.41) is 27.0. The van der Waals surface area contributed by atoms with Gasteiger partial charge in [-0.05, 0) is 11.6 Å². The number of aliphatic hydroxyl groups is 1. The number of aromatic nitrogens is 2. The maximum absolute atomic E-state index is 13.0. The van der Waals surface area contributed by atoms with Crippen molar-refractivity contribution in [2.75, 3.05) is 44.5 Å². The first-order valence-electron chi connectivity index (χ1n) is 12.1. The van der Waals surface area contributed by atoms with E-state index < -0.39 is 53.8 Å². The van der Waals surface area contributed by atoms with Crippen LogP contribution in [0.4, 0.5) is 9.52 Å². The molecule has 0 spiro atoms. The van der Waals surface area contributed by atoms with Crippen molar-refractivity contribution in [3.63, 3.8) is 0 Å². The summed E-state index contributed by atoms with van der Waals surface area (Å²) in [7, 11) is 0. The number of rotatable bonds is 11. The SMILES string of the molecule is NC(=O)C[N+]1(C/C=C/C2=C(C(=O)[O-])N3C(=O)[C@@H](NC(=O)/C(=N\OCF)c4nsc(N)n4)[C@H]3SC2)CCC(O)CC1. The second kappa shape index (κ2) is 12.3. The van der Waals surface area contributed by atoms with Crippen LogP contribution in [0.25, 0.3) is 0 Å². The lowest BCUT2D eigenvalue weighted by Crippen LogP contribution is -2.71. The molecule has 0 bridgehead atoms. The number of β-lactam (4-membered cyclic amide) rings is 1. The highest BCUT2D eigenvalue weighted by atomic mass is 32.2. The van der Waals surface area contributed by atoms with Gasteiger partial charge in [0.25, 0.3) is 24.6 Å². The van der Waals surface area contributed by atoms with E-state index in [2.05, 4.69) is 24.7 Å². The van der Waals surface area contributed by atoms with Crippen LogP contribution in [-0.4, -0.2) is 110 Å². The number of thioether (sulfide) groups is 1. The van der Waals surface area contributed by atoms with E-state index in [0.29, 0.717) is 42.5 Å². The Balaban J connectivity index is 1.48. The number of anilines is 1. The number of aliphatic carboxylic acids is 1. The predicted molar refractivity (Wildman–Crippen MR) is 138 cm³/mol. The molecule has 6 N–H and O–H groups in total. The number of likely N-dealkylation sites (tertiary alicyclic amines) is 1. The Morgan fingerprint density at radius 3 is 2.67 bits per heavy atom. The number of halogens is 1. The van der Waals surface area contributed by atoms with Crippen molar-refractivity contribution >= 4 is 57.8 Å². The number of carboxylic acids is 1. The van der Waals surface area contributed by atoms with Gasteiger partial charge in [-0.2, -0.15) is 9.36 Å². The molecule has 3 aliphatic heterocycles. The van der Waals surface area contributed by atoms with Crippen molar-refractivity contribution in [2.45, 2.75) is 30.4 Å². The topological polar surface area (TPSA) is 226 Å². The van der Waals surface area contributed by atoms with E-state index in [-0.39, 0.29) is 29.0 Å². The molecule has 2 saturated heterocycles. The number of oxime groups is 1. The van der Waals surface area contributed by atoms with Crippen molar-refractivity contribution in [2.24, 2.45) is 10.9 Å². The van der Waals surface area contributed by atoms with Crippen LogP contribution in [-0.2, 0) is 24.0 Å². The van der Waals surface area contributed by atoms with Crippen molar-refractivity contribution in [1.82, 2.24) is 19.6 Å². The van der Waals surface area contributed by atoms with E-state index in [1.165, 1.54) is 11.8 Å². The van der Waals surface area contributed by atoms with Gasteiger partial charge in [-0.15, -0.1) is 11.8 Å². The number of alkyl halides is 1. The summed E-state index contributed by atoms with van der Waals surface area (Å²) < 4.78 is 16.7. The van der Waals surface area contributed by atoms with Gasteiger partial charge in [0.1, 0.15) is 11.4 Å². The number of nitrogens with two attached hydrogens (primary N) is 2. The number of primary amides is 1. The van der Waals surface area contributed by atoms with Crippen molar-refractivity contribution < 1.29 is 43.1 Å². The fourth-order valence-electron chi connectivity index (χ4n) is 4.83. The normalized spacial score (nSPS) is 26.9. The molecule has 0 aliphatic carbocycles. The molecule has 0 aromatic carbocycles. The molecule has 216 valence electrons. The molecule has 4 rings (SSSR count). The number of hydrogen-bond acceptors (Lipinski definition) is 13. The second-order valence-corrected chi connectivity index (χ2v) is 11.3. The van der Waals surface area contributed by atoms with Gasteiger partial charge in [-0.3, -0.25) is 19.3 Å². The maximum Gasteiger partial charge on any atom is 0.278 e. The lowest BCUT2D eigenvalue weighted by molar-refractivity contribution is -0.920. The summed E-state index contributed by atoms with van der Waals surface area (Å²) in [6, 6.07) is -1.12. The summed E-state index contributed by atoms with van der Waals surface area (Å²) in [4.78, 5) is 58.7. The van der Waals surface area contributed by atoms with Gasteiger partial charge in [0.05, 0.1) is 37.4 Å². The molecule has 2 atom stereocenters. The highest BCUT2D eigenvalue weighted by Crippen LogP contribution is 2.40. The Labute approximate surface area is 235 Å². The van der Waals surface area contributed by atoms with Crippen LogP contribution < -0.4 is 21.9 Å². The van der Waals surface area contributed by atoms with Crippen molar-refractivity contribution in [3.8, 4) is 0 Å². The van der Waals surface area contributed by atoms with E-state index in [4.69, 9.17) is 11.5 Å². The second-order valence-electron chi connectivity index (χ2n) is 9.39. The smallest absolute Gasteiger partial charge is 0.278 e. The zero-order chi connectivity index (χ0) is 29.0. The van der Waals surface area contributed by atoms with E-state index in [0.717, 1.165) is 16.4 Å². The fraction of sp³-hybridized carbons (Fsp3) is 0.500. The fourth-order valence-corrected chi connectivity index (χ4v) is 6.58. The summed E-state index contributed by atoms with van der Waals surface area (Å²) in [5.74, 6) is -3.72. The predicted octanol–water partition coefficient (Wildman–Crippen LogP) is -2.82. The molecule has 0 saturated carbocycles. The molecule has 40 heavy (non-hydrogen) atoms. The lowest BCUT2D eigenvalue weighted by atomic mass is 10.0. The Morgan fingerprint density at radius 2 is 2.08 bits per heavy atom. The Morgan fingerprint density at radius 1 is 1.35 bits per heavy atom. The third-order valence-corrected chi connectivity index (χ3v) is 8.57. The zero-order valence-electron chi connectivity index (χ0n) is 21.0. The van der Waals surface area contributed by atoms with Gasteiger partial charge in [-0.1, -0.05) is 11.2 Å². The van der Waals surface area contributed by atoms with E-state index in [1.807, 2.05) is 0 Å². The summed E-state index contributed by atoms with van der Waals surface area (Å²) in [5.41, 5.74) is 10.5. The molecule has 3 aliphatic rings. The van der Waals surface area contributed by atoms with E-state index in [9.17, 15) is 33.8 Å². The van der Waals surface area contributed by atoms with Crippen LogP contribution in [0.2, 0.25) is 0 Å². The highest BCUT2D eigenvalue weighted by Gasteiger charge is 2.53. The van der Waals surface area contributed by atoms with Gasteiger partial charge in [0.2, 0.25) is 11.5 Å². The monoisotopic (exact) mass is 598 g/mol. The largest absolute Gasteiger partial charge is 0.543 e. The molecular formula is C22H27FN8O7S2. The van der Waals surface area contributed by atoms with Crippen LogP contribution >= 0.6 is 23.3 Å². The zero-order valence-corrected chi connectivity index (χ0v) is 22.7. The lowest BCUT2D eigenvalue weighted by Gasteiger charge is -2.50. The van der Waals surface area contributed by atoms with Gasteiger partial charge >= 0.3 is 0 Å². The molecule has 1 aromatic heterocycles. The van der Waals surface area contributed by atoms with Crippen LogP contribution in [0.15, 0.2) is 28.6 Å². The number of amides is 3. The minimum Gasteiger partial charge on any atom is -0.543 e. The minimum atomic E-state index is -1.56. The molecule has 0 radical (unpaired) electrons. The Bertz CT molecular complexity index is 1280. The van der Waals surface area contributed by atoms with Gasteiger partial charge in [0.15, 0.2) is 11.7 Å². The van der Waals surface area contributed by atoms with Crippen LogP contribution in [0.1, 0.15) is 18.7 Å². The average molecular weight is 599 g/mol. The number of piperidine rings is 1. The number of carbonyl (C=O) groups excluding carboxylic acids is 4. The number of carbonyl (C=O) groups is 4. The van der Waals surface area contributed by atoms with Gasteiger partial charge in [-0.25, -0.2) is 4.39 Å².